The molecular formula is C12H10BrClN4S. The first-order valence-electron chi connectivity index (χ1n) is 5.65. The number of halogens is 2. The van der Waals surface area contributed by atoms with Crippen LogP contribution in [-0.2, 0) is 12.4 Å². The standard InChI is InChI=1S/C12H10BrClN4S/c1-7-15-5-9(19-7)6-18-11(3-14)17-10-2-8(13)4-16-12(10)18/h2,4-5H,3,6H2,1H3. The fourth-order valence-electron chi connectivity index (χ4n) is 1.94. The smallest absolute Gasteiger partial charge is 0.160 e. The predicted octanol–water partition coefficient (Wildman–Crippen LogP) is 3.75. The van der Waals surface area contributed by atoms with Crippen LogP contribution in [0.2, 0.25) is 0 Å². The van der Waals surface area contributed by atoms with Crippen molar-refractivity contribution in [2.75, 3.05) is 0 Å². The van der Waals surface area contributed by atoms with Crippen LogP contribution in [0.25, 0.3) is 11.2 Å². The summed E-state index contributed by atoms with van der Waals surface area (Å²) in [6.07, 6.45) is 3.67. The van der Waals surface area contributed by atoms with Crippen LogP contribution in [0.5, 0.6) is 0 Å². The summed E-state index contributed by atoms with van der Waals surface area (Å²) in [6.45, 7) is 2.71. The van der Waals surface area contributed by atoms with Gasteiger partial charge in [0.15, 0.2) is 5.65 Å². The molecule has 0 radical (unpaired) electrons. The number of fused-ring (bicyclic) bond motifs is 1. The number of rotatable bonds is 3. The molecule has 0 aliphatic heterocycles. The summed E-state index contributed by atoms with van der Waals surface area (Å²) >= 11 is 11.1. The highest BCUT2D eigenvalue weighted by molar-refractivity contribution is 9.10. The van der Waals surface area contributed by atoms with Gasteiger partial charge >= 0.3 is 0 Å². The average molecular weight is 358 g/mol. The van der Waals surface area contributed by atoms with Crippen LogP contribution in [0, 0.1) is 6.92 Å². The molecule has 0 spiro atoms. The van der Waals surface area contributed by atoms with Crippen LogP contribution in [0.3, 0.4) is 0 Å². The molecule has 0 fully saturated rings. The third-order valence-corrected chi connectivity index (χ3v) is 4.30. The van der Waals surface area contributed by atoms with Gasteiger partial charge in [-0.2, -0.15) is 0 Å². The number of hydrogen-bond acceptors (Lipinski definition) is 4. The second-order valence-electron chi connectivity index (χ2n) is 4.09. The lowest BCUT2D eigenvalue weighted by atomic mass is 10.4. The van der Waals surface area contributed by atoms with E-state index in [0.29, 0.717) is 12.4 Å². The molecule has 0 aliphatic rings. The van der Waals surface area contributed by atoms with Crippen molar-refractivity contribution < 1.29 is 0 Å². The number of hydrogen-bond donors (Lipinski definition) is 0. The molecule has 98 valence electrons. The zero-order valence-corrected chi connectivity index (χ0v) is 13.3. The number of pyridine rings is 1. The number of thiazole rings is 1. The Morgan fingerprint density at radius 3 is 2.89 bits per heavy atom. The molecule has 4 nitrogen and oxygen atoms in total. The van der Waals surface area contributed by atoms with E-state index in [9.17, 15) is 0 Å². The normalized spacial score (nSPS) is 11.3. The van der Waals surface area contributed by atoms with Crippen LogP contribution in [-0.4, -0.2) is 19.5 Å². The minimum Gasteiger partial charge on any atom is -0.306 e. The second-order valence-corrected chi connectivity index (χ2v) is 6.59. The quantitative estimate of drug-likeness (QED) is 0.671. The van der Waals surface area contributed by atoms with Crippen LogP contribution >= 0.6 is 38.9 Å². The van der Waals surface area contributed by atoms with E-state index >= 15 is 0 Å². The topological polar surface area (TPSA) is 43.6 Å². The number of imidazole rings is 1. The zero-order valence-electron chi connectivity index (χ0n) is 10.1. The van der Waals surface area contributed by atoms with Crippen molar-refractivity contribution in [2.45, 2.75) is 19.3 Å². The van der Waals surface area contributed by atoms with Crippen LogP contribution in [0.15, 0.2) is 22.9 Å². The van der Waals surface area contributed by atoms with Gasteiger partial charge in [0.2, 0.25) is 0 Å². The lowest BCUT2D eigenvalue weighted by molar-refractivity contribution is 0.779. The molecule has 3 heterocycles. The number of aryl methyl sites for hydroxylation is 1. The van der Waals surface area contributed by atoms with Gasteiger partial charge in [0, 0.05) is 21.7 Å². The molecule has 19 heavy (non-hydrogen) atoms. The van der Waals surface area contributed by atoms with Gasteiger partial charge in [0.05, 0.1) is 17.4 Å². The summed E-state index contributed by atoms with van der Waals surface area (Å²) in [5.41, 5.74) is 1.70. The molecule has 3 aromatic heterocycles. The van der Waals surface area contributed by atoms with Gasteiger partial charge in [0.25, 0.3) is 0 Å². The Balaban J connectivity index is 2.10. The Bertz CT molecular complexity index is 736. The molecule has 0 saturated heterocycles. The van der Waals surface area contributed by atoms with Gasteiger partial charge < -0.3 is 4.57 Å². The van der Waals surface area contributed by atoms with Crippen molar-refractivity contribution in [1.29, 1.82) is 0 Å². The van der Waals surface area contributed by atoms with E-state index in [0.717, 1.165) is 26.5 Å². The van der Waals surface area contributed by atoms with Gasteiger partial charge in [-0.1, -0.05) is 0 Å². The highest BCUT2D eigenvalue weighted by Crippen LogP contribution is 2.22. The van der Waals surface area contributed by atoms with Crippen molar-refractivity contribution in [3.05, 3.63) is 38.6 Å². The average Bonchev–Trinajstić information content (AvgIpc) is 2.94. The Labute approximate surface area is 127 Å². The molecule has 0 aliphatic carbocycles. The summed E-state index contributed by atoms with van der Waals surface area (Å²) in [6, 6.07) is 1.95. The van der Waals surface area contributed by atoms with Gasteiger partial charge in [-0.3, -0.25) is 0 Å². The molecule has 0 saturated carbocycles. The molecule has 0 bridgehead atoms. The third kappa shape index (κ3) is 2.52. The first-order valence-corrected chi connectivity index (χ1v) is 7.79. The van der Waals surface area contributed by atoms with Crippen molar-refractivity contribution in [2.24, 2.45) is 0 Å². The Hall–Kier alpha value is -0.980. The third-order valence-electron chi connectivity index (χ3n) is 2.73. The highest BCUT2D eigenvalue weighted by Gasteiger charge is 2.12. The zero-order chi connectivity index (χ0) is 13.4. The van der Waals surface area contributed by atoms with E-state index < -0.39 is 0 Å². The monoisotopic (exact) mass is 356 g/mol. The van der Waals surface area contributed by atoms with E-state index in [1.807, 2.05) is 23.8 Å². The number of alkyl halides is 1. The fraction of sp³-hybridized carbons (Fsp3) is 0.250. The van der Waals surface area contributed by atoms with Gasteiger partial charge in [-0.05, 0) is 28.9 Å². The van der Waals surface area contributed by atoms with E-state index in [2.05, 4.69) is 30.9 Å². The minimum atomic E-state index is 0.367. The number of nitrogens with zero attached hydrogens (tertiary/aromatic N) is 4. The SMILES string of the molecule is Cc1ncc(Cn2c(CCl)nc3cc(Br)cnc32)s1. The summed E-state index contributed by atoms with van der Waals surface area (Å²) in [5, 5.41) is 1.06. The molecule has 3 aromatic rings. The molecule has 7 heteroatoms. The van der Waals surface area contributed by atoms with Crippen molar-refractivity contribution in [3.63, 3.8) is 0 Å². The van der Waals surface area contributed by atoms with E-state index in [1.54, 1.807) is 17.5 Å². The van der Waals surface area contributed by atoms with E-state index in [-0.39, 0.29) is 0 Å². The maximum absolute atomic E-state index is 5.98. The van der Waals surface area contributed by atoms with Gasteiger partial charge in [-0.25, -0.2) is 15.0 Å². The van der Waals surface area contributed by atoms with Crippen LogP contribution in [0.1, 0.15) is 15.7 Å². The first kappa shape index (κ1) is 13.0. The lowest BCUT2D eigenvalue weighted by Crippen LogP contribution is -2.03. The summed E-state index contributed by atoms with van der Waals surface area (Å²) in [7, 11) is 0. The predicted molar refractivity (Wildman–Crippen MR) is 80.7 cm³/mol. The Morgan fingerprint density at radius 2 is 2.21 bits per heavy atom. The first-order chi connectivity index (χ1) is 9.17. The van der Waals surface area contributed by atoms with Gasteiger partial charge in [0.1, 0.15) is 11.3 Å². The Kier molecular flexibility index (Phi) is 3.56. The Morgan fingerprint density at radius 1 is 1.37 bits per heavy atom. The van der Waals surface area contributed by atoms with Crippen molar-refractivity contribution in [1.82, 2.24) is 19.5 Å². The summed E-state index contributed by atoms with van der Waals surface area (Å²) in [4.78, 5) is 14.4. The molecule has 0 unspecified atom stereocenters. The highest BCUT2D eigenvalue weighted by atomic mass is 79.9. The van der Waals surface area contributed by atoms with Crippen molar-refractivity contribution in [3.8, 4) is 0 Å². The summed E-state index contributed by atoms with van der Waals surface area (Å²) < 4.78 is 2.96. The minimum absolute atomic E-state index is 0.367. The maximum Gasteiger partial charge on any atom is 0.160 e. The molecule has 3 rings (SSSR count). The number of aromatic nitrogens is 4. The van der Waals surface area contributed by atoms with Gasteiger partial charge in [-0.15, -0.1) is 22.9 Å². The summed E-state index contributed by atoms with van der Waals surface area (Å²) in [5.74, 6) is 1.19. The van der Waals surface area contributed by atoms with Crippen LogP contribution < -0.4 is 0 Å². The van der Waals surface area contributed by atoms with Crippen molar-refractivity contribution >= 4 is 50.0 Å². The molecular weight excluding hydrogens is 348 g/mol. The fourth-order valence-corrected chi connectivity index (χ4v) is 3.24. The molecule has 0 atom stereocenters. The second kappa shape index (κ2) is 5.19. The largest absolute Gasteiger partial charge is 0.306 e. The molecule has 0 N–H and O–H groups in total. The maximum atomic E-state index is 5.98. The van der Waals surface area contributed by atoms with E-state index in [4.69, 9.17) is 11.6 Å². The molecule has 0 amide bonds. The van der Waals surface area contributed by atoms with E-state index in [1.165, 1.54) is 4.88 Å². The lowest BCUT2D eigenvalue weighted by Gasteiger charge is -2.04. The van der Waals surface area contributed by atoms with Crippen LogP contribution in [0.4, 0.5) is 0 Å². The molecule has 0 aromatic carbocycles.